The van der Waals surface area contributed by atoms with Gasteiger partial charge in [-0.25, -0.2) is 8.78 Å². The number of nitrogens with two attached hydrogens (primary N) is 1. The molecule has 0 radical (unpaired) electrons. The molecule has 2 fully saturated rings. The van der Waals surface area contributed by atoms with E-state index in [1.54, 1.807) is 0 Å². The Morgan fingerprint density at radius 3 is 2.72 bits per heavy atom. The number of hydrogen-bond donors (Lipinski definition) is 1. The van der Waals surface area contributed by atoms with Gasteiger partial charge in [-0.05, 0) is 73.2 Å². The summed E-state index contributed by atoms with van der Waals surface area (Å²) < 4.78 is 27.0. The van der Waals surface area contributed by atoms with E-state index in [1.807, 2.05) is 0 Å². The number of halogens is 2. The zero-order valence-electron chi connectivity index (χ0n) is 10.5. The number of benzene rings is 1. The van der Waals surface area contributed by atoms with Gasteiger partial charge in [-0.2, -0.15) is 0 Å². The Bertz CT molecular complexity index is 460. The summed E-state index contributed by atoms with van der Waals surface area (Å²) in [7, 11) is 0. The van der Waals surface area contributed by atoms with Gasteiger partial charge < -0.3 is 5.73 Å². The van der Waals surface area contributed by atoms with Crippen LogP contribution in [0, 0.1) is 28.9 Å². The van der Waals surface area contributed by atoms with Gasteiger partial charge in [-0.3, -0.25) is 0 Å². The maximum Gasteiger partial charge on any atom is 0.126 e. The second-order valence-electron chi connectivity index (χ2n) is 6.06. The van der Waals surface area contributed by atoms with Crippen LogP contribution in [0.5, 0.6) is 0 Å². The minimum absolute atomic E-state index is 0.0115. The molecule has 0 spiro atoms. The van der Waals surface area contributed by atoms with E-state index < -0.39 is 0 Å². The van der Waals surface area contributed by atoms with Crippen molar-refractivity contribution in [3.63, 3.8) is 0 Å². The zero-order valence-corrected chi connectivity index (χ0v) is 10.5. The quantitative estimate of drug-likeness (QED) is 0.876. The summed E-state index contributed by atoms with van der Waals surface area (Å²) >= 11 is 0. The molecule has 3 atom stereocenters. The van der Waals surface area contributed by atoms with Crippen LogP contribution in [0.3, 0.4) is 0 Å². The normalized spacial score (nSPS) is 34.2. The van der Waals surface area contributed by atoms with E-state index in [-0.39, 0.29) is 17.0 Å². The molecule has 2 N–H and O–H groups in total. The van der Waals surface area contributed by atoms with E-state index in [9.17, 15) is 8.78 Å². The smallest absolute Gasteiger partial charge is 0.126 e. The van der Waals surface area contributed by atoms with Crippen molar-refractivity contribution < 1.29 is 8.78 Å². The average molecular weight is 251 g/mol. The first-order chi connectivity index (χ1) is 8.63. The van der Waals surface area contributed by atoms with Gasteiger partial charge in [0, 0.05) is 0 Å². The van der Waals surface area contributed by atoms with Crippen molar-refractivity contribution in [1.82, 2.24) is 0 Å². The molecule has 0 heterocycles. The minimum Gasteiger partial charge on any atom is -0.330 e. The largest absolute Gasteiger partial charge is 0.330 e. The fourth-order valence-corrected chi connectivity index (χ4v) is 4.15. The van der Waals surface area contributed by atoms with E-state index in [0.717, 1.165) is 12.3 Å². The molecule has 2 bridgehead atoms. The van der Waals surface area contributed by atoms with E-state index in [2.05, 4.69) is 0 Å². The topological polar surface area (TPSA) is 26.0 Å². The summed E-state index contributed by atoms with van der Waals surface area (Å²) in [5.41, 5.74) is 6.48. The first-order valence-corrected chi connectivity index (χ1v) is 6.77. The Balaban J connectivity index is 1.88. The van der Waals surface area contributed by atoms with Crippen LogP contribution in [-0.2, 0) is 6.42 Å². The van der Waals surface area contributed by atoms with Crippen LogP contribution in [0.1, 0.15) is 31.2 Å². The molecule has 0 aliphatic heterocycles. The zero-order chi connectivity index (χ0) is 12.8. The van der Waals surface area contributed by atoms with E-state index in [4.69, 9.17) is 5.73 Å². The van der Waals surface area contributed by atoms with Gasteiger partial charge >= 0.3 is 0 Å². The first-order valence-electron chi connectivity index (χ1n) is 6.77. The summed E-state index contributed by atoms with van der Waals surface area (Å²) in [6.07, 6.45) is 5.41. The van der Waals surface area contributed by atoms with Crippen molar-refractivity contribution in [2.24, 2.45) is 23.0 Å². The highest BCUT2D eigenvalue weighted by molar-refractivity contribution is 5.22. The molecule has 0 saturated heterocycles. The Morgan fingerprint density at radius 2 is 2.11 bits per heavy atom. The van der Waals surface area contributed by atoms with Gasteiger partial charge in [-0.15, -0.1) is 0 Å². The minimum atomic E-state index is -0.360. The van der Waals surface area contributed by atoms with Crippen LogP contribution >= 0.6 is 0 Å². The lowest BCUT2D eigenvalue weighted by molar-refractivity contribution is 0.170. The maximum atomic E-state index is 13.8. The molecule has 18 heavy (non-hydrogen) atoms. The lowest BCUT2D eigenvalue weighted by atomic mass is 9.69. The Labute approximate surface area is 106 Å². The first kappa shape index (κ1) is 12.1. The third-order valence-corrected chi connectivity index (χ3v) is 5.06. The van der Waals surface area contributed by atoms with Gasteiger partial charge in [0.05, 0.1) is 0 Å². The molecule has 1 nitrogen and oxygen atoms in total. The van der Waals surface area contributed by atoms with Crippen LogP contribution in [0.2, 0.25) is 0 Å². The van der Waals surface area contributed by atoms with E-state index in [1.165, 1.54) is 37.5 Å². The summed E-state index contributed by atoms with van der Waals surface area (Å²) in [5.74, 6) is 0.707. The van der Waals surface area contributed by atoms with Crippen molar-refractivity contribution in [1.29, 1.82) is 0 Å². The molecular weight excluding hydrogens is 232 g/mol. The second-order valence-corrected chi connectivity index (χ2v) is 6.06. The number of hydrogen-bond acceptors (Lipinski definition) is 1. The van der Waals surface area contributed by atoms with Crippen LogP contribution in [0.15, 0.2) is 18.2 Å². The third-order valence-electron chi connectivity index (χ3n) is 5.06. The van der Waals surface area contributed by atoms with Crippen molar-refractivity contribution >= 4 is 0 Å². The summed E-state index contributed by atoms with van der Waals surface area (Å²) in [4.78, 5) is 0. The molecule has 2 saturated carbocycles. The molecule has 3 unspecified atom stereocenters. The van der Waals surface area contributed by atoms with Gasteiger partial charge in [-0.1, -0.05) is 6.42 Å². The van der Waals surface area contributed by atoms with Crippen LogP contribution in [-0.4, -0.2) is 6.54 Å². The van der Waals surface area contributed by atoms with Crippen LogP contribution in [0.25, 0.3) is 0 Å². The van der Waals surface area contributed by atoms with Gasteiger partial charge in [0.2, 0.25) is 0 Å². The highest BCUT2D eigenvalue weighted by Gasteiger charge is 2.50. The molecule has 2 aliphatic rings. The van der Waals surface area contributed by atoms with Crippen LogP contribution < -0.4 is 5.73 Å². The molecule has 1 aromatic rings. The van der Waals surface area contributed by atoms with Gasteiger partial charge in [0.25, 0.3) is 0 Å². The Hall–Kier alpha value is -0.960. The van der Waals surface area contributed by atoms with Gasteiger partial charge in [0.1, 0.15) is 11.6 Å². The Morgan fingerprint density at radius 1 is 1.28 bits per heavy atom. The van der Waals surface area contributed by atoms with E-state index in [0.29, 0.717) is 24.4 Å². The Kier molecular flexibility index (Phi) is 2.89. The van der Waals surface area contributed by atoms with Crippen molar-refractivity contribution in [2.75, 3.05) is 6.54 Å². The fraction of sp³-hybridized carbons (Fsp3) is 0.600. The highest BCUT2D eigenvalue weighted by Crippen LogP contribution is 2.56. The van der Waals surface area contributed by atoms with E-state index >= 15 is 0 Å². The lowest BCUT2D eigenvalue weighted by Gasteiger charge is -2.37. The van der Waals surface area contributed by atoms with Crippen molar-refractivity contribution in [3.05, 3.63) is 35.4 Å². The molecule has 1 aromatic carbocycles. The average Bonchev–Trinajstić information content (AvgIpc) is 2.94. The summed E-state index contributed by atoms with van der Waals surface area (Å²) in [6, 6.07) is 3.73. The second kappa shape index (κ2) is 4.30. The summed E-state index contributed by atoms with van der Waals surface area (Å²) in [6.45, 7) is 0.587. The molecule has 3 heteroatoms. The van der Waals surface area contributed by atoms with Crippen molar-refractivity contribution in [3.8, 4) is 0 Å². The monoisotopic (exact) mass is 251 g/mol. The molecule has 3 rings (SSSR count). The predicted molar refractivity (Wildman–Crippen MR) is 67.0 cm³/mol. The third kappa shape index (κ3) is 1.85. The number of fused-ring (bicyclic) bond motifs is 2. The van der Waals surface area contributed by atoms with Crippen LogP contribution in [0.4, 0.5) is 8.78 Å². The number of rotatable bonds is 3. The maximum absolute atomic E-state index is 13.8. The van der Waals surface area contributed by atoms with Gasteiger partial charge in [0.15, 0.2) is 0 Å². The molecule has 2 aliphatic carbocycles. The fourth-order valence-electron chi connectivity index (χ4n) is 4.15. The highest BCUT2D eigenvalue weighted by atomic mass is 19.1. The van der Waals surface area contributed by atoms with Crippen molar-refractivity contribution in [2.45, 2.75) is 32.1 Å². The molecule has 0 aromatic heterocycles. The molecule has 98 valence electrons. The summed E-state index contributed by atoms with van der Waals surface area (Å²) in [5, 5.41) is 0. The standard InChI is InChI=1S/C15H19F2N/c16-13-3-4-14(17)11(6-13)8-15(9-18)7-10-1-2-12(15)5-10/h3-4,6,10,12H,1-2,5,7-9,18H2. The SMILES string of the molecule is NCC1(Cc2cc(F)ccc2F)CC2CCC1C2. The molecular formula is C15H19F2N. The lowest BCUT2D eigenvalue weighted by Crippen LogP contribution is -2.38. The molecule has 0 amide bonds. The predicted octanol–water partition coefficient (Wildman–Crippen LogP) is 3.27.